The Morgan fingerprint density at radius 2 is 1.90 bits per heavy atom. The van der Waals surface area contributed by atoms with Crippen LogP contribution in [0.4, 0.5) is 0 Å². The molecule has 0 spiro atoms. The average molecular weight is 412 g/mol. The van der Waals surface area contributed by atoms with Crippen LogP contribution in [0.5, 0.6) is 0 Å². The number of hydrogen-bond donors (Lipinski definition) is 2. The van der Waals surface area contributed by atoms with Gasteiger partial charge in [0.05, 0.1) is 12.3 Å². The number of hydrogen-bond acceptors (Lipinski definition) is 4. The first-order chi connectivity index (χ1) is 14.6. The molecule has 1 aromatic carbocycles. The summed E-state index contributed by atoms with van der Waals surface area (Å²) in [5.74, 6) is 1.58. The molecule has 1 fully saturated rings. The summed E-state index contributed by atoms with van der Waals surface area (Å²) in [6, 6.07) is 14.4. The van der Waals surface area contributed by atoms with Gasteiger partial charge in [0.25, 0.3) is 0 Å². The number of carbonyl (C=O) groups is 1. The highest BCUT2D eigenvalue weighted by molar-refractivity contribution is 5.84. The summed E-state index contributed by atoms with van der Waals surface area (Å²) in [5.41, 5.74) is 1.26. The normalized spacial score (nSPS) is 15.7. The quantitative estimate of drug-likeness (QED) is 0.489. The second kappa shape index (κ2) is 11.4. The minimum atomic E-state index is -0.0266. The van der Waals surface area contributed by atoms with E-state index in [1.165, 1.54) is 18.4 Å². The molecular formula is C23H33N5O2. The maximum atomic E-state index is 12.0. The van der Waals surface area contributed by atoms with Crippen molar-refractivity contribution in [3.05, 3.63) is 60.1 Å². The molecule has 0 saturated carbocycles. The molecule has 0 radical (unpaired) electrons. The van der Waals surface area contributed by atoms with E-state index in [4.69, 9.17) is 4.42 Å². The van der Waals surface area contributed by atoms with Gasteiger partial charge >= 0.3 is 0 Å². The minimum absolute atomic E-state index is 0.0266. The van der Waals surface area contributed by atoms with Gasteiger partial charge in [0.15, 0.2) is 5.96 Å². The molecule has 3 rings (SSSR count). The first-order valence-electron chi connectivity index (χ1n) is 10.7. The fourth-order valence-corrected chi connectivity index (χ4v) is 3.57. The molecule has 30 heavy (non-hydrogen) atoms. The Morgan fingerprint density at radius 3 is 2.57 bits per heavy atom. The van der Waals surface area contributed by atoms with Crippen molar-refractivity contribution in [2.75, 3.05) is 46.8 Å². The summed E-state index contributed by atoms with van der Waals surface area (Å²) < 4.78 is 5.71. The Labute approximate surface area is 179 Å². The lowest BCUT2D eigenvalue weighted by atomic mass is 10.1. The number of benzene rings is 1. The Balaban J connectivity index is 1.62. The Bertz CT molecular complexity index is 783. The fraction of sp³-hybridized carbons (Fsp3) is 0.478. The van der Waals surface area contributed by atoms with Crippen molar-refractivity contribution < 1.29 is 9.21 Å². The monoisotopic (exact) mass is 411 g/mol. The van der Waals surface area contributed by atoms with Crippen LogP contribution in [-0.4, -0.2) is 68.5 Å². The molecule has 7 heteroatoms. The third-order valence-electron chi connectivity index (χ3n) is 5.34. The van der Waals surface area contributed by atoms with Crippen molar-refractivity contribution >= 4 is 11.9 Å². The van der Waals surface area contributed by atoms with Gasteiger partial charge in [-0.2, -0.15) is 0 Å². The van der Waals surface area contributed by atoms with Gasteiger partial charge in [-0.15, -0.1) is 0 Å². The van der Waals surface area contributed by atoms with Crippen LogP contribution in [0, 0.1) is 0 Å². The molecular weight excluding hydrogens is 378 g/mol. The van der Waals surface area contributed by atoms with Crippen LogP contribution >= 0.6 is 0 Å². The summed E-state index contributed by atoms with van der Waals surface area (Å²) in [6.45, 7) is 3.66. The molecule has 0 aliphatic carbocycles. The lowest BCUT2D eigenvalue weighted by Crippen LogP contribution is -2.43. The molecule has 2 N–H and O–H groups in total. The van der Waals surface area contributed by atoms with Gasteiger partial charge in [0, 0.05) is 27.2 Å². The molecule has 2 heterocycles. The number of furan rings is 1. The lowest BCUT2D eigenvalue weighted by Gasteiger charge is -2.27. The number of amides is 1. The van der Waals surface area contributed by atoms with Crippen LogP contribution in [0.15, 0.2) is 58.1 Å². The number of rotatable bonds is 9. The zero-order valence-electron chi connectivity index (χ0n) is 18.0. The third-order valence-corrected chi connectivity index (χ3v) is 5.34. The number of guanidine groups is 1. The van der Waals surface area contributed by atoms with Crippen LogP contribution in [-0.2, 0) is 11.2 Å². The van der Waals surface area contributed by atoms with E-state index in [0.29, 0.717) is 12.5 Å². The van der Waals surface area contributed by atoms with Gasteiger partial charge in [-0.25, -0.2) is 4.99 Å². The van der Waals surface area contributed by atoms with Crippen molar-refractivity contribution in [3.63, 3.8) is 0 Å². The standard InChI is InChI=1S/C23H33N5O2/c1-27(2)22(29)18-26-23(24-13-12-19-9-4-3-5-10-19)25-17-20(21-11-8-16-30-21)28-14-6-7-15-28/h3-5,8-11,16,20H,6-7,12-15,17-18H2,1-2H3,(H2,24,25,26). The molecule has 0 bridgehead atoms. The molecule has 1 saturated heterocycles. The zero-order chi connectivity index (χ0) is 21.2. The lowest BCUT2D eigenvalue weighted by molar-refractivity contribution is -0.127. The predicted molar refractivity (Wildman–Crippen MR) is 119 cm³/mol. The molecule has 7 nitrogen and oxygen atoms in total. The molecule has 2 aromatic rings. The average Bonchev–Trinajstić information content (AvgIpc) is 3.47. The predicted octanol–water partition coefficient (Wildman–Crippen LogP) is 2.28. The molecule has 162 valence electrons. The largest absolute Gasteiger partial charge is 0.468 e. The molecule has 1 aliphatic rings. The summed E-state index contributed by atoms with van der Waals surface area (Å²) in [6.07, 6.45) is 5.04. The fourth-order valence-electron chi connectivity index (χ4n) is 3.57. The van der Waals surface area contributed by atoms with Crippen molar-refractivity contribution in [3.8, 4) is 0 Å². The van der Waals surface area contributed by atoms with Crippen molar-refractivity contribution in [1.29, 1.82) is 0 Å². The highest BCUT2D eigenvalue weighted by Crippen LogP contribution is 2.24. The number of likely N-dealkylation sites (tertiary alicyclic amines) is 1. The number of carbonyl (C=O) groups excluding carboxylic acids is 1. The summed E-state index contributed by atoms with van der Waals surface area (Å²) >= 11 is 0. The summed E-state index contributed by atoms with van der Waals surface area (Å²) in [7, 11) is 3.49. The number of nitrogens with one attached hydrogen (secondary N) is 2. The number of aliphatic imine (C=N–C) groups is 1. The SMILES string of the molecule is CN(C)C(=O)CN=C(NCCc1ccccc1)NCC(c1ccco1)N1CCCC1. The molecule has 1 atom stereocenters. The van der Waals surface area contributed by atoms with E-state index in [2.05, 4.69) is 32.7 Å². The summed E-state index contributed by atoms with van der Waals surface area (Å²) in [5, 5.41) is 6.80. The maximum absolute atomic E-state index is 12.0. The Hall–Kier alpha value is -2.80. The topological polar surface area (TPSA) is 73.1 Å². The van der Waals surface area contributed by atoms with Crippen LogP contribution in [0.1, 0.15) is 30.2 Å². The first kappa shape index (κ1) is 21.9. The van der Waals surface area contributed by atoms with Gasteiger partial charge in [-0.1, -0.05) is 30.3 Å². The smallest absolute Gasteiger partial charge is 0.243 e. The minimum Gasteiger partial charge on any atom is -0.468 e. The van der Waals surface area contributed by atoms with Gasteiger partial charge in [0.2, 0.25) is 5.91 Å². The zero-order valence-corrected chi connectivity index (χ0v) is 18.0. The Morgan fingerprint density at radius 1 is 1.13 bits per heavy atom. The van der Waals surface area contributed by atoms with Crippen LogP contribution in [0.3, 0.4) is 0 Å². The van der Waals surface area contributed by atoms with Crippen molar-refractivity contribution in [2.24, 2.45) is 4.99 Å². The molecule has 1 amide bonds. The first-order valence-corrected chi connectivity index (χ1v) is 10.7. The van der Waals surface area contributed by atoms with E-state index in [9.17, 15) is 4.79 Å². The maximum Gasteiger partial charge on any atom is 0.243 e. The van der Waals surface area contributed by atoms with E-state index in [-0.39, 0.29) is 18.5 Å². The van der Waals surface area contributed by atoms with Crippen LogP contribution in [0.2, 0.25) is 0 Å². The number of nitrogens with zero attached hydrogens (tertiary/aromatic N) is 3. The molecule has 1 unspecified atom stereocenters. The van der Waals surface area contributed by atoms with Crippen LogP contribution in [0.25, 0.3) is 0 Å². The van der Waals surface area contributed by atoms with Crippen molar-refractivity contribution in [1.82, 2.24) is 20.4 Å². The van der Waals surface area contributed by atoms with Gasteiger partial charge in [-0.05, 0) is 50.0 Å². The van der Waals surface area contributed by atoms with Gasteiger partial charge in [-0.3, -0.25) is 9.69 Å². The van der Waals surface area contributed by atoms with Gasteiger partial charge in [0.1, 0.15) is 12.3 Å². The van der Waals surface area contributed by atoms with E-state index >= 15 is 0 Å². The second-order valence-electron chi connectivity index (χ2n) is 7.77. The number of likely N-dealkylation sites (N-methyl/N-ethyl adjacent to an activating group) is 1. The van der Waals surface area contributed by atoms with Gasteiger partial charge < -0.3 is 20.0 Å². The van der Waals surface area contributed by atoms with Crippen molar-refractivity contribution in [2.45, 2.75) is 25.3 Å². The third kappa shape index (κ3) is 6.62. The Kier molecular flexibility index (Phi) is 8.32. The van der Waals surface area contributed by atoms with E-state index in [1.807, 2.05) is 30.3 Å². The molecule has 1 aliphatic heterocycles. The highest BCUT2D eigenvalue weighted by atomic mass is 16.3. The van der Waals surface area contributed by atoms with E-state index in [0.717, 1.165) is 31.8 Å². The van der Waals surface area contributed by atoms with E-state index in [1.54, 1.807) is 25.3 Å². The van der Waals surface area contributed by atoms with Crippen LogP contribution < -0.4 is 10.6 Å². The summed E-state index contributed by atoms with van der Waals surface area (Å²) in [4.78, 5) is 20.5. The van der Waals surface area contributed by atoms with E-state index < -0.39 is 0 Å². The second-order valence-corrected chi connectivity index (χ2v) is 7.77. The highest BCUT2D eigenvalue weighted by Gasteiger charge is 2.25. The molecule has 1 aromatic heterocycles.